The van der Waals surface area contributed by atoms with Gasteiger partial charge in [-0.1, -0.05) is 0 Å². The lowest BCUT2D eigenvalue weighted by Crippen LogP contribution is -2.10. The molecule has 1 rings (SSSR count). The predicted octanol–water partition coefficient (Wildman–Crippen LogP) is 0.685. The van der Waals surface area contributed by atoms with Crippen molar-refractivity contribution in [3.63, 3.8) is 0 Å². The molecule has 0 unspecified atom stereocenters. The minimum atomic E-state index is -0.247. The smallest absolute Gasteiger partial charge is 0.306 e. The van der Waals surface area contributed by atoms with Crippen LogP contribution in [0, 0.1) is 5.21 Å². The third kappa shape index (κ3) is 2.22. The van der Waals surface area contributed by atoms with E-state index in [1.807, 2.05) is 0 Å². The number of nitrogens with zero attached hydrogens (tertiary/aromatic N) is 1. The molecule has 0 aromatic rings. The first kappa shape index (κ1) is 9.03. The van der Waals surface area contributed by atoms with Gasteiger partial charge in [-0.05, 0) is 0 Å². The molecule has 0 bridgehead atoms. The van der Waals surface area contributed by atoms with Crippen LogP contribution < -0.4 is 0 Å². The maximum atomic E-state index is 11.0. The Morgan fingerprint density at radius 2 is 2.50 bits per heavy atom. The van der Waals surface area contributed by atoms with E-state index >= 15 is 0 Å². The molecule has 68 valence electrons. The zero-order chi connectivity index (χ0) is 8.97. The van der Waals surface area contributed by atoms with Crippen molar-refractivity contribution in [3.05, 3.63) is 5.21 Å². The lowest BCUT2D eigenvalue weighted by atomic mass is 10.1. The molecule has 1 aliphatic rings. The Morgan fingerprint density at radius 1 is 1.75 bits per heavy atom. The maximum absolute atomic E-state index is 11.0. The van der Waals surface area contributed by atoms with Crippen molar-refractivity contribution in [3.8, 4) is 0 Å². The highest BCUT2D eigenvalue weighted by Gasteiger charge is 2.18. The van der Waals surface area contributed by atoms with E-state index in [9.17, 15) is 10.0 Å². The number of hydrogen-bond acceptors (Lipinski definition) is 3. The van der Waals surface area contributed by atoms with Crippen LogP contribution in [-0.4, -0.2) is 30.1 Å². The Morgan fingerprint density at radius 3 is 3.00 bits per heavy atom. The van der Waals surface area contributed by atoms with Crippen LogP contribution in [0.3, 0.4) is 0 Å². The normalized spacial score (nSPS) is 16.8. The molecule has 4 nitrogen and oxygen atoms in total. The van der Waals surface area contributed by atoms with E-state index in [0.717, 1.165) is 23.3 Å². The molecule has 0 aromatic heterocycles. The standard InChI is InChI=1S/C8H13NO3/c1-12-8(10)5-4-7-3-2-6-9(7)11/h2-6H2,1H3. The van der Waals surface area contributed by atoms with Gasteiger partial charge in [-0.3, -0.25) is 4.79 Å². The summed E-state index contributed by atoms with van der Waals surface area (Å²) in [5, 5.41) is 11.0. The summed E-state index contributed by atoms with van der Waals surface area (Å²) in [6.07, 6.45) is 2.63. The number of hydrogen-bond donors (Lipinski definition) is 0. The number of carbonyl (C=O) groups excluding carboxylic acids is 1. The molecule has 0 spiro atoms. The van der Waals surface area contributed by atoms with Crippen LogP contribution in [0.1, 0.15) is 25.7 Å². The Balaban J connectivity index is 2.32. The summed E-state index contributed by atoms with van der Waals surface area (Å²) in [5.41, 5.74) is 0.834. The van der Waals surface area contributed by atoms with Crippen LogP contribution in [0.4, 0.5) is 0 Å². The first-order valence-electron chi connectivity index (χ1n) is 4.10. The third-order valence-corrected chi connectivity index (χ3v) is 2.02. The van der Waals surface area contributed by atoms with E-state index in [4.69, 9.17) is 0 Å². The van der Waals surface area contributed by atoms with Crippen molar-refractivity contribution in [1.29, 1.82) is 0 Å². The lowest BCUT2D eigenvalue weighted by molar-refractivity contribution is -0.449. The first-order chi connectivity index (χ1) is 5.74. The molecule has 0 saturated heterocycles. The van der Waals surface area contributed by atoms with Crippen LogP contribution in [0.2, 0.25) is 0 Å². The number of carbonyl (C=O) groups is 1. The second-order valence-electron chi connectivity index (χ2n) is 2.85. The van der Waals surface area contributed by atoms with Crippen molar-refractivity contribution in [1.82, 2.24) is 0 Å². The van der Waals surface area contributed by atoms with E-state index in [1.165, 1.54) is 7.11 Å². The van der Waals surface area contributed by atoms with Gasteiger partial charge in [0.05, 0.1) is 13.5 Å². The monoisotopic (exact) mass is 171 g/mol. The van der Waals surface area contributed by atoms with Crippen LogP contribution in [0.15, 0.2) is 0 Å². The van der Waals surface area contributed by atoms with Gasteiger partial charge in [0, 0.05) is 19.3 Å². The van der Waals surface area contributed by atoms with E-state index in [1.54, 1.807) is 0 Å². The molecule has 0 N–H and O–H groups in total. The minimum absolute atomic E-state index is 0.247. The molecule has 1 aliphatic heterocycles. The summed E-state index contributed by atoms with van der Waals surface area (Å²) in [6.45, 7) is 0.580. The highest BCUT2D eigenvalue weighted by Crippen LogP contribution is 2.08. The van der Waals surface area contributed by atoms with Gasteiger partial charge in [0.1, 0.15) is 0 Å². The van der Waals surface area contributed by atoms with E-state index in [-0.39, 0.29) is 5.97 Å². The van der Waals surface area contributed by atoms with Gasteiger partial charge in [0.15, 0.2) is 12.3 Å². The summed E-state index contributed by atoms with van der Waals surface area (Å²) < 4.78 is 5.46. The van der Waals surface area contributed by atoms with E-state index in [0.29, 0.717) is 19.4 Å². The highest BCUT2D eigenvalue weighted by atomic mass is 16.5. The molecule has 1 heterocycles. The van der Waals surface area contributed by atoms with Crippen molar-refractivity contribution in [2.45, 2.75) is 25.7 Å². The molecular weight excluding hydrogens is 158 g/mol. The second kappa shape index (κ2) is 4.09. The average Bonchev–Trinajstić information content (AvgIpc) is 2.47. The van der Waals surface area contributed by atoms with Crippen LogP contribution in [0.5, 0.6) is 0 Å². The molecule has 0 fully saturated rings. The molecular formula is C8H13NO3. The Hall–Kier alpha value is -1.06. The molecule has 4 heteroatoms. The number of esters is 1. The fourth-order valence-electron chi connectivity index (χ4n) is 1.31. The van der Waals surface area contributed by atoms with E-state index in [2.05, 4.69) is 4.74 Å². The molecule has 0 aliphatic carbocycles. The van der Waals surface area contributed by atoms with E-state index < -0.39 is 0 Å². The second-order valence-corrected chi connectivity index (χ2v) is 2.85. The van der Waals surface area contributed by atoms with Crippen molar-refractivity contribution in [2.75, 3.05) is 13.7 Å². The SMILES string of the molecule is COC(=O)CCC1=[N+]([O-])CCC1. The fraction of sp³-hybridized carbons (Fsp3) is 0.750. The number of rotatable bonds is 3. The van der Waals surface area contributed by atoms with Crippen LogP contribution >= 0.6 is 0 Å². The molecule has 0 radical (unpaired) electrons. The van der Waals surface area contributed by atoms with Gasteiger partial charge in [0.25, 0.3) is 0 Å². The fourth-order valence-corrected chi connectivity index (χ4v) is 1.31. The van der Waals surface area contributed by atoms with Crippen LogP contribution in [0.25, 0.3) is 0 Å². The summed E-state index contributed by atoms with van der Waals surface area (Å²) in [4.78, 5) is 10.7. The van der Waals surface area contributed by atoms with Gasteiger partial charge in [-0.25, -0.2) is 4.74 Å². The summed E-state index contributed by atoms with van der Waals surface area (Å²) in [6, 6.07) is 0. The van der Waals surface area contributed by atoms with Gasteiger partial charge in [-0.2, -0.15) is 0 Å². The topological polar surface area (TPSA) is 52.4 Å². The lowest BCUT2D eigenvalue weighted by Gasteiger charge is -2.01. The Kier molecular flexibility index (Phi) is 3.08. The molecule has 12 heavy (non-hydrogen) atoms. The number of hydroxylamine groups is 1. The number of ether oxygens (including phenoxy) is 1. The Bertz CT molecular complexity index is 210. The zero-order valence-electron chi connectivity index (χ0n) is 7.21. The van der Waals surface area contributed by atoms with Crippen LogP contribution in [-0.2, 0) is 9.53 Å². The zero-order valence-corrected chi connectivity index (χ0v) is 7.21. The Labute approximate surface area is 71.4 Å². The number of methoxy groups -OCH3 is 1. The summed E-state index contributed by atoms with van der Waals surface area (Å²) in [5.74, 6) is -0.247. The van der Waals surface area contributed by atoms with Gasteiger partial charge < -0.3 is 9.94 Å². The summed E-state index contributed by atoms with van der Waals surface area (Å²) in [7, 11) is 1.36. The highest BCUT2D eigenvalue weighted by molar-refractivity contribution is 5.84. The molecule has 0 atom stereocenters. The molecule has 0 amide bonds. The van der Waals surface area contributed by atoms with Crippen molar-refractivity contribution < 1.29 is 14.3 Å². The maximum Gasteiger partial charge on any atom is 0.306 e. The third-order valence-electron chi connectivity index (χ3n) is 2.02. The molecule has 0 aromatic carbocycles. The van der Waals surface area contributed by atoms with Crippen molar-refractivity contribution in [2.24, 2.45) is 0 Å². The molecule has 0 saturated carbocycles. The first-order valence-corrected chi connectivity index (χ1v) is 4.10. The average molecular weight is 171 g/mol. The summed E-state index contributed by atoms with van der Waals surface area (Å²) >= 11 is 0. The van der Waals surface area contributed by atoms with Crippen molar-refractivity contribution >= 4 is 11.7 Å². The quantitative estimate of drug-likeness (QED) is 0.356. The largest absolute Gasteiger partial charge is 0.624 e. The van der Waals surface area contributed by atoms with Gasteiger partial charge in [0.2, 0.25) is 0 Å². The predicted molar refractivity (Wildman–Crippen MR) is 44.0 cm³/mol. The minimum Gasteiger partial charge on any atom is -0.624 e. The van der Waals surface area contributed by atoms with Gasteiger partial charge >= 0.3 is 5.97 Å². The van der Waals surface area contributed by atoms with Gasteiger partial charge in [-0.15, -0.1) is 0 Å².